The summed E-state index contributed by atoms with van der Waals surface area (Å²) >= 11 is 0. The lowest BCUT2D eigenvalue weighted by molar-refractivity contribution is 0.660. The Balaban J connectivity index is 1.22. The Morgan fingerprint density at radius 3 is 1.79 bits per heavy atom. The summed E-state index contributed by atoms with van der Waals surface area (Å²) < 4.78 is 2.47. The highest BCUT2D eigenvalue weighted by atomic mass is 15.2. The van der Waals surface area contributed by atoms with Crippen LogP contribution in [0.25, 0.3) is 60.9 Å². The van der Waals surface area contributed by atoms with Crippen molar-refractivity contribution in [3.63, 3.8) is 0 Å². The van der Waals surface area contributed by atoms with E-state index in [0.717, 1.165) is 17.1 Å². The number of hydrogen-bond donors (Lipinski definition) is 0. The van der Waals surface area contributed by atoms with E-state index in [0.29, 0.717) is 0 Å². The van der Waals surface area contributed by atoms with Crippen LogP contribution >= 0.6 is 0 Å². The van der Waals surface area contributed by atoms with Gasteiger partial charge >= 0.3 is 0 Å². The summed E-state index contributed by atoms with van der Waals surface area (Å²) in [4.78, 5) is 2.46. The second kappa shape index (κ2) is 12.3. The molecule has 0 saturated carbocycles. The van der Waals surface area contributed by atoms with Gasteiger partial charge in [0.15, 0.2) is 0 Å². The quantitative estimate of drug-likeness (QED) is 0.170. The molecule has 10 rings (SSSR count). The molecule has 1 aliphatic carbocycles. The lowest BCUT2D eigenvalue weighted by Crippen LogP contribution is -2.15. The Kier molecular flexibility index (Phi) is 7.19. The summed E-state index contributed by atoms with van der Waals surface area (Å²) in [5.74, 6) is 0. The standard InChI is InChI=1S/C51H38N2/c1-51(2)44-23-12-9-21-41(44)42-33-32-39(34-45(42)51)53-47-25-14-11-22-43(47)50-48(26-15-27-49(50)53)52(38-30-28-36(29-31-38)35-16-5-3-6-17-35)46-24-13-10-20-40(46)37-18-7-4-8-19-37/h3-34H,1-2H3. The molecule has 0 amide bonds. The number of nitrogens with zero attached hydrogens (tertiary/aromatic N) is 2. The number of hydrogen-bond acceptors (Lipinski definition) is 1. The molecule has 1 aliphatic rings. The van der Waals surface area contributed by atoms with Gasteiger partial charge in [-0.15, -0.1) is 0 Å². The fourth-order valence-electron chi connectivity index (χ4n) is 8.67. The van der Waals surface area contributed by atoms with Crippen LogP contribution in [0.15, 0.2) is 194 Å². The van der Waals surface area contributed by atoms with Crippen LogP contribution in [0.4, 0.5) is 17.1 Å². The number of anilines is 3. The first-order valence-electron chi connectivity index (χ1n) is 18.4. The smallest absolute Gasteiger partial charge is 0.0562 e. The Bertz CT molecular complexity index is 2790. The topological polar surface area (TPSA) is 8.17 Å². The van der Waals surface area contributed by atoms with Gasteiger partial charge in [0.05, 0.1) is 22.4 Å². The second-order valence-corrected chi connectivity index (χ2v) is 14.6. The number of rotatable bonds is 6. The minimum Gasteiger partial charge on any atom is -0.309 e. The lowest BCUT2D eigenvalue weighted by atomic mass is 9.82. The van der Waals surface area contributed by atoms with Crippen molar-refractivity contribution in [1.82, 2.24) is 4.57 Å². The molecule has 53 heavy (non-hydrogen) atoms. The third-order valence-electron chi connectivity index (χ3n) is 11.2. The van der Waals surface area contributed by atoms with Crippen molar-refractivity contribution in [2.45, 2.75) is 19.3 Å². The van der Waals surface area contributed by atoms with Crippen molar-refractivity contribution in [2.75, 3.05) is 4.90 Å². The summed E-state index contributed by atoms with van der Waals surface area (Å²) in [6, 6.07) is 70.8. The van der Waals surface area contributed by atoms with E-state index in [1.165, 1.54) is 72.0 Å². The summed E-state index contributed by atoms with van der Waals surface area (Å²) in [6.45, 7) is 4.72. The SMILES string of the molecule is CC1(C)c2ccccc2-c2ccc(-n3c4ccccc4c4c(N(c5ccc(-c6ccccc6)cc5)c5ccccc5-c5ccccc5)cccc43)cc21. The molecular weight excluding hydrogens is 641 g/mol. The molecule has 2 nitrogen and oxygen atoms in total. The average Bonchev–Trinajstić information content (AvgIpc) is 3.68. The molecular formula is C51H38N2. The zero-order valence-electron chi connectivity index (χ0n) is 29.9. The highest BCUT2D eigenvalue weighted by Gasteiger charge is 2.35. The maximum Gasteiger partial charge on any atom is 0.0562 e. The van der Waals surface area contributed by atoms with Gasteiger partial charge in [0.1, 0.15) is 0 Å². The molecule has 0 aliphatic heterocycles. The van der Waals surface area contributed by atoms with Gasteiger partial charge in [-0.2, -0.15) is 0 Å². The molecule has 0 atom stereocenters. The first kappa shape index (κ1) is 31.1. The van der Waals surface area contributed by atoms with Crippen LogP contribution in [0.5, 0.6) is 0 Å². The molecule has 0 saturated heterocycles. The molecule has 1 aromatic heterocycles. The van der Waals surface area contributed by atoms with E-state index in [9.17, 15) is 0 Å². The Labute approximate surface area is 310 Å². The Morgan fingerprint density at radius 1 is 0.415 bits per heavy atom. The zero-order valence-corrected chi connectivity index (χ0v) is 29.9. The molecule has 1 heterocycles. The molecule has 0 N–H and O–H groups in total. The van der Waals surface area contributed by atoms with E-state index in [1.54, 1.807) is 0 Å². The fourth-order valence-corrected chi connectivity index (χ4v) is 8.67. The molecule has 0 spiro atoms. The summed E-state index contributed by atoms with van der Waals surface area (Å²) in [5, 5.41) is 2.45. The molecule has 0 unspecified atom stereocenters. The first-order chi connectivity index (χ1) is 26.1. The lowest BCUT2D eigenvalue weighted by Gasteiger charge is -2.29. The number of fused-ring (bicyclic) bond motifs is 6. The zero-order chi connectivity index (χ0) is 35.5. The summed E-state index contributed by atoms with van der Waals surface area (Å²) in [6.07, 6.45) is 0. The minimum absolute atomic E-state index is 0.0876. The van der Waals surface area contributed by atoms with E-state index in [2.05, 4.69) is 217 Å². The van der Waals surface area contributed by atoms with Crippen LogP contribution in [0.3, 0.4) is 0 Å². The molecule has 0 bridgehead atoms. The monoisotopic (exact) mass is 678 g/mol. The van der Waals surface area contributed by atoms with Gasteiger partial charge in [0.2, 0.25) is 0 Å². The van der Waals surface area contributed by atoms with E-state index in [4.69, 9.17) is 0 Å². The first-order valence-corrected chi connectivity index (χ1v) is 18.4. The van der Waals surface area contributed by atoms with E-state index in [-0.39, 0.29) is 5.41 Å². The predicted molar refractivity (Wildman–Crippen MR) is 224 cm³/mol. The third-order valence-corrected chi connectivity index (χ3v) is 11.2. The number of aromatic nitrogens is 1. The molecule has 0 radical (unpaired) electrons. The van der Waals surface area contributed by atoms with Crippen LogP contribution in [0.1, 0.15) is 25.0 Å². The van der Waals surface area contributed by atoms with Crippen molar-refractivity contribution < 1.29 is 0 Å². The number of benzene rings is 8. The van der Waals surface area contributed by atoms with Crippen molar-refractivity contribution in [3.05, 3.63) is 205 Å². The molecule has 2 heteroatoms. The average molecular weight is 679 g/mol. The van der Waals surface area contributed by atoms with Crippen molar-refractivity contribution in [1.29, 1.82) is 0 Å². The Morgan fingerprint density at radius 2 is 1.00 bits per heavy atom. The Hall–Kier alpha value is -6.64. The van der Waals surface area contributed by atoms with Crippen molar-refractivity contribution in [2.24, 2.45) is 0 Å². The molecule has 252 valence electrons. The maximum absolute atomic E-state index is 2.47. The minimum atomic E-state index is -0.0876. The van der Waals surface area contributed by atoms with Crippen molar-refractivity contribution in [3.8, 4) is 39.1 Å². The van der Waals surface area contributed by atoms with Crippen LogP contribution in [0, 0.1) is 0 Å². The highest BCUT2D eigenvalue weighted by molar-refractivity contribution is 6.17. The molecule has 9 aromatic rings. The van der Waals surface area contributed by atoms with Crippen LogP contribution < -0.4 is 4.90 Å². The van der Waals surface area contributed by atoms with Gasteiger partial charge in [-0.05, 0) is 87.5 Å². The number of para-hydroxylation sites is 2. The van der Waals surface area contributed by atoms with Crippen LogP contribution in [-0.2, 0) is 5.41 Å². The van der Waals surface area contributed by atoms with Crippen LogP contribution in [0.2, 0.25) is 0 Å². The van der Waals surface area contributed by atoms with Gasteiger partial charge in [-0.1, -0.05) is 159 Å². The summed E-state index contributed by atoms with van der Waals surface area (Å²) in [5.41, 5.74) is 17.1. The molecule has 8 aromatic carbocycles. The third kappa shape index (κ3) is 4.94. The largest absolute Gasteiger partial charge is 0.309 e. The normalized spacial score (nSPS) is 12.9. The van der Waals surface area contributed by atoms with Gasteiger partial charge < -0.3 is 9.47 Å². The van der Waals surface area contributed by atoms with Gasteiger partial charge in [-0.25, -0.2) is 0 Å². The maximum atomic E-state index is 2.47. The fraction of sp³-hybridized carbons (Fsp3) is 0.0588. The van der Waals surface area contributed by atoms with E-state index >= 15 is 0 Å². The van der Waals surface area contributed by atoms with E-state index < -0.39 is 0 Å². The van der Waals surface area contributed by atoms with Crippen molar-refractivity contribution >= 4 is 38.9 Å². The van der Waals surface area contributed by atoms with E-state index in [1.807, 2.05) is 0 Å². The second-order valence-electron chi connectivity index (χ2n) is 14.6. The molecule has 0 fully saturated rings. The summed E-state index contributed by atoms with van der Waals surface area (Å²) in [7, 11) is 0. The highest BCUT2D eigenvalue weighted by Crippen LogP contribution is 2.50. The van der Waals surface area contributed by atoms with Crippen LogP contribution in [-0.4, -0.2) is 4.57 Å². The van der Waals surface area contributed by atoms with Gasteiger partial charge in [-0.3, -0.25) is 0 Å². The van der Waals surface area contributed by atoms with Gasteiger partial charge in [0.25, 0.3) is 0 Å². The van der Waals surface area contributed by atoms with Gasteiger partial charge in [0, 0.05) is 33.1 Å². The predicted octanol–water partition coefficient (Wildman–Crippen LogP) is 13.9.